The number of carbonyl (C=O) groups is 2. The third kappa shape index (κ3) is 8.22. The van der Waals surface area contributed by atoms with Crippen molar-refractivity contribution in [1.82, 2.24) is 10.2 Å². The highest BCUT2D eigenvalue weighted by Crippen LogP contribution is 2.23. The second-order valence-corrected chi connectivity index (χ2v) is 11.2. The number of thioether (sulfide) groups is 1. The molecule has 1 unspecified atom stereocenters. The molecule has 1 N–H and O–H groups in total. The number of amides is 2. The molecule has 37 heavy (non-hydrogen) atoms. The van der Waals surface area contributed by atoms with E-state index in [9.17, 15) is 9.59 Å². The Bertz CT molecular complexity index is 1160. The summed E-state index contributed by atoms with van der Waals surface area (Å²) < 4.78 is 0. The van der Waals surface area contributed by atoms with Gasteiger partial charge < -0.3 is 10.2 Å². The van der Waals surface area contributed by atoms with Crippen LogP contribution < -0.4 is 5.32 Å². The first kappa shape index (κ1) is 27.0. The molecule has 3 aromatic carbocycles. The Balaban J connectivity index is 1.60. The molecule has 1 aliphatic carbocycles. The molecule has 1 atom stereocenters. The molecule has 5 heteroatoms. The molecule has 3 aromatic rings. The molecule has 0 heterocycles. The molecule has 194 valence electrons. The van der Waals surface area contributed by atoms with E-state index < -0.39 is 6.04 Å². The summed E-state index contributed by atoms with van der Waals surface area (Å²) in [5, 5.41) is 3.31. The van der Waals surface area contributed by atoms with Gasteiger partial charge in [-0.15, -0.1) is 11.8 Å². The van der Waals surface area contributed by atoms with Gasteiger partial charge >= 0.3 is 0 Å². The highest BCUT2D eigenvalue weighted by atomic mass is 32.2. The maximum Gasteiger partial charge on any atom is 0.243 e. The largest absolute Gasteiger partial charge is 0.352 e. The predicted molar refractivity (Wildman–Crippen MR) is 153 cm³/mol. The summed E-state index contributed by atoms with van der Waals surface area (Å²) in [5.41, 5.74) is 4.43. The van der Waals surface area contributed by atoms with E-state index in [2.05, 4.69) is 55.6 Å². The third-order valence-corrected chi connectivity index (χ3v) is 8.04. The van der Waals surface area contributed by atoms with E-state index in [4.69, 9.17) is 0 Å². The number of hydrogen-bond acceptors (Lipinski definition) is 3. The number of aryl methyl sites for hydroxylation is 2. The molecule has 0 aromatic heterocycles. The lowest BCUT2D eigenvalue weighted by Crippen LogP contribution is -2.53. The molecule has 1 fully saturated rings. The lowest BCUT2D eigenvalue weighted by molar-refractivity contribution is -0.139. The van der Waals surface area contributed by atoms with Gasteiger partial charge in [0.15, 0.2) is 0 Å². The molecule has 0 bridgehead atoms. The minimum Gasteiger partial charge on any atom is -0.352 e. The van der Waals surface area contributed by atoms with Gasteiger partial charge in [0.2, 0.25) is 11.8 Å². The Morgan fingerprint density at radius 1 is 0.865 bits per heavy atom. The van der Waals surface area contributed by atoms with E-state index in [0.717, 1.165) is 47.3 Å². The smallest absolute Gasteiger partial charge is 0.243 e. The summed E-state index contributed by atoms with van der Waals surface area (Å²) in [5.74, 6) is 0.223. The number of rotatable bonds is 10. The van der Waals surface area contributed by atoms with Crippen LogP contribution in [0.2, 0.25) is 0 Å². The predicted octanol–water partition coefficient (Wildman–Crippen LogP) is 6.48. The fourth-order valence-corrected chi connectivity index (χ4v) is 5.75. The van der Waals surface area contributed by atoms with Crippen molar-refractivity contribution >= 4 is 23.6 Å². The Labute approximate surface area is 225 Å². The molecule has 0 spiro atoms. The quantitative estimate of drug-likeness (QED) is 0.315. The van der Waals surface area contributed by atoms with E-state index in [1.54, 1.807) is 4.90 Å². The Kier molecular flexibility index (Phi) is 9.84. The number of nitrogens with zero attached hydrogens (tertiary/aromatic N) is 1. The summed E-state index contributed by atoms with van der Waals surface area (Å²) in [4.78, 5) is 30.5. The Morgan fingerprint density at radius 2 is 1.57 bits per heavy atom. The average Bonchev–Trinajstić information content (AvgIpc) is 2.91. The van der Waals surface area contributed by atoms with Crippen LogP contribution in [-0.2, 0) is 22.6 Å². The van der Waals surface area contributed by atoms with Crippen molar-refractivity contribution in [2.24, 2.45) is 0 Å². The van der Waals surface area contributed by atoms with Crippen molar-refractivity contribution in [2.75, 3.05) is 5.75 Å². The molecular formula is C32H38N2O2S. The van der Waals surface area contributed by atoms with Crippen LogP contribution >= 0.6 is 11.8 Å². The standard InChI is InChI=1S/C32H38N2O2S/c1-24-16-18-29(19-17-24)37-23-31(35)34(22-27-13-9-10-25(2)20-27)30(21-26-11-5-3-6-12-26)32(36)33-28-14-7-4-8-15-28/h3,5-6,9-13,16-20,28,30H,4,7-8,14-15,21-23H2,1-2H3,(H,33,36). The molecule has 2 amide bonds. The van der Waals surface area contributed by atoms with Crippen LogP contribution in [-0.4, -0.2) is 34.6 Å². The van der Waals surface area contributed by atoms with Gasteiger partial charge in [0, 0.05) is 23.9 Å². The normalized spacial score (nSPS) is 14.6. The van der Waals surface area contributed by atoms with Gasteiger partial charge in [-0.3, -0.25) is 9.59 Å². The van der Waals surface area contributed by atoms with E-state index in [1.165, 1.54) is 23.7 Å². The highest BCUT2D eigenvalue weighted by molar-refractivity contribution is 8.00. The van der Waals surface area contributed by atoms with Crippen LogP contribution in [0.4, 0.5) is 0 Å². The van der Waals surface area contributed by atoms with Crippen LogP contribution in [0.15, 0.2) is 83.8 Å². The van der Waals surface area contributed by atoms with Gasteiger partial charge in [-0.1, -0.05) is 97.1 Å². The van der Waals surface area contributed by atoms with Gasteiger partial charge in [0.25, 0.3) is 0 Å². The van der Waals surface area contributed by atoms with Gasteiger partial charge in [-0.2, -0.15) is 0 Å². The molecule has 0 saturated heterocycles. The van der Waals surface area contributed by atoms with Gasteiger partial charge in [0.1, 0.15) is 6.04 Å². The summed E-state index contributed by atoms with van der Waals surface area (Å²) in [6, 6.07) is 26.1. The number of carbonyl (C=O) groups excluding carboxylic acids is 2. The molecular weight excluding hydrogens is 476 g/mol. The van der Waals surface area contributed by atoms with E-state index in [-0.39, 0.29) is 23.6 Å². The lowest BCUT2D eigenvalue weighted by Gasteiger charge is -2.33. The number of benzene rings is 3. The maximum absolute atomic E-state index is 13.8. The fraction of sp³-hybridized carbons (Fsp3) is 0.375. The van der Waals surface area contributed by atoms with Crippen LogP contribution in [0.1, 0.15) is 54.4 Å². The zero-order valence-electron chi connectivity index (χ0n) is 22.0. The Hall–Kier alpha value is -3.05. The second-order valence-electron chi connectivity index (χ2n) is 10.2. The molecule has 1 aliphatic rings. The van der Waals surface area contributed by atoms with Crippen LogP contribution in [0, 0.1) is 13.8 Å². The summed E-state index contributed by atoms with van der Waals surface area (Å²) in [7, 11) is 0. The number of nitrogens with one attached hydrogen (secondary N) is 1. The topological polar surface area (TPSA) is 49.4 Å². The van der Waals surface area contributed by atoms with E-state index in [0.29, 0.717) is 13.0 Å². The molecule has 1 saturated carbocycles. The monoisotopic (exact) mass is 514 g/mol. The van der Waals surface area contributed by atoms with Crippen molar-refractivity contribution in [3.8, 4) is 0 Å². The SMILES string of the molecule is Cc1ccc(SCC(=O)N(Cc2cccc(C)c2)C(Cc2ccccc2)C(=O)NC2CCCCC2)cc1. The van der Waals surface area contributed by atoms with Crippen LogP contribution in [0.3, 0.4) is 0 Å². The zero-order valence-corrected chi connectivity index (χ0v) is 22.8. The second kappa shape index (κ2) is 13.5. The van der Waals surface area contributed by atoms with E-state index in [1.807, 2.05) is 42.5 Å². The first-order valence-electron chi connectivity index (χ1n) is 13.4. The van der Waals surface area contributed by atoms with E-state index >= 15 is 0 Å². The maximum atomic E-state index is 13.8. The van der Waals surface area contributed by atoms with Crippen LogP contribution in [0.25, 0.3) is 0 Å². The van der Waals surface area contributed by atoms with Gasteiger partial charge in [-0.05, 0) is 49.9 Å². The van der Waals surface area contributed by atoms with Crippen molar-refractivity contribution in [3.63, 3.8) is 0 Å². The van der Waals surface area contributed by atoms with Gasteiger partial charge in [-0.25, -0.2) is 0 Å². The first-order valence-corrected chi connectivity index (χ1v) is 14.4. The minimum absolute atomic E-state index is 0.0215. The first-order chi connectivity index (χ1) is 18.0. The molecule has 0 aliphatic heterocycles. The summed E-state index contributed by atoms with van der Waals surface area (Å²) in [6.45, 7) is 4.52. The summed E-state index contributed by atoms with van der Waals surface area (Å²) >= 11 is 1.53. The van der Waals surface area contributed by atoms with Crippen molar-refractivity contribution < 1.29 is 9.59 Å². The molecule has 0 radical (unpaired) electrons. The van der Waals surface area contributed by atoms with Crippen molar-refractivity contribution in [3.05, 3.63) is 101 Å². The van der Waals surface area contributed by atoms with Gasteiger partial charge in [0.05, 0.1) is 5.75 Å². The third-order valence-electron chi connectivity index (χ3n) is 7.04. The van der Waals surface area contributed by atoms with Crippen molar-refractivity contribution in [1.29, 1.82) is 0 Å². The van der Waals surface area contributed by atoms with Crippen LogP contribution in [0.5, 0.6) is 0 Å². The van der Waals surface area contributed by atoms with Crippen molar-refractivity contribution in [2.45, 2.75) is 75.9 Å². The molecule has 4 nitrogen and oxygen atoms in total. The molecule has 4 rings (SSSR count). The number of hydrogen-bond donors (Lipinski definition) is 1. The Morgan fingerprint density at radius 3 is 2.27 bits per heavy atom. The highest BCUT2D eigenvalue weighted by Gasteiger charge is 2.32. The minimum atomic E-state index is -0.573. The fourth-order valence-electron chi connectivity index (χ4n) is 4.97. The zero-order chi connectivity index (χ0) is 26.0. The lowest BCUT2D eigenvalue weighted by atomic mass is 9.94. The summed E-state index contributed by atoms with van der Waals surface area (Å²) in [6.07, 6.45) is 6.04. The average molecular weight is 515 g/mol.